The van der Waals surface area contributed by atoms with E-state index in [1.165, 1.54) is 4.24 Å². The van der Waals surface area contributed by atoms with E-state index in [0.717, 1.165) is 15.7 Å². The summed E-state index contributed by atoms with van der Waals surface area (Å²) in [6, 6.07) is 0. The van der Waals surface area contributed by atoms with E-state index in [1.54, 1.807) is 0 Å². The maximum atomic E-state index is 13.1. The summed E-state index contributed by atoms with van der Waals surface area (Å²) in [5.74, 6) is 8.96. The van der Waals surface area contributed by atoms with Gasteiger partial charge in [0.1, 0.15) is 0 Å². The molecule has 1 saturated heterocycles. The Kier molecular flexibility index (Phi) is 6.90. The monoisotopic (exact) mass is 372 g/mol. The van der Waals surface area contributed by atoms with E-state index < -0.39 is 20.9 Å². The summed E-state index contributed by atoms with van der Waals surface area (Å²) >= 11 is 1.35. The molecule has 0 aliphatic carbocycles. The summed E-state index contributed by atoms with van der Waals surface area (Å²) in [6.07, 6.45) is 0. The van der Waals surface area contributed by atoms with Gasteiger partial charge in [0.2, 0.25) is 0 Å². The fourth-order valence-corrected chi connectivity index (χ4v) is 18.4. The van der Waals surface area contributed by atoms with Gasteiger partial charge in [-0.05, 0) is 0 Å². The van der Waals surface area contributed by atoms with Crippen LogP contribution in [0.5, 0.6) is 0 Å². The molecule has 1 aliphatic heterocycles. The van der Waals surface area contributed by atoms with E-state index in [1.807, 2.05) is 37.4 Å². The van der Waals surface area contributed by atoms with E-state index in [2.05, 4.69) is 17.3 Å². The summed E-state index contributed by atoms with van der Waals surface area (Å²) in [4.78, 5) is 0. The summed E-state index contributed by atoms with van der Waals surface area (Å²) in [7, 11) is -3.08. The van der Waals surface area contributed by atoms with Crippen LogP contribution in [0.4, 0.5) is 0 Å². The molecule has 0 N–H and O–H groups in total. The number of hydrogen-bond donors (Lipinski definition) is 0. The molecule has 7 heteroatoms. The first-order valence-corrected chi connectivity index (χ1v) is 17.1. The quantitative estimate of drug-likeness (QED) is 0.496. The fraction of sp³-hybridized carbons (Fsp3) is 0.818. The molecule has 106 valence electrons. The standard InChI is InChI=1S/C11H23GeO3PS2/c1-6-14-16(13,15-7-2)10(12(3,4)5)11-17-8-9-18-11/h6-9H2,1-5H3. The molecule has 1 rings (SSSR count). The zero-order valence-corrected chi connectivity index (χ0v) is 16.4. The van der Waals surface area contributed by atoms with Crippen molar-refractivity contribution in [2.24, 2.45) is 0 Å². The van der Waals surface area contributed by atoms with Gasteiger partial charge in [-0.2, -0.15) is 0 Å². The van der Waals surface area contributed by atoms with Crippen LogP contribution in [0.1, 0.15) is 13.8 Å². The molecule has 1 aliphatic rings. The number of hydrogen-bond acceptors (Lipinski definition) is 5. The van der Waals surface area contributed by atoms with Gasteiger partial charge in [-0.15, -0.1) is 0 Å². The Morgan fingerprint density at radius 1 is 1.17 bits per heavy atom. The first kappa shape index (κ1) is 17.2. The molecule has 0 spiro atoms. The first-order valence-electron chi connectivity index (χ1n) is 6.25. The van der Waals surface area contributed by atoms with Crippen LogP contribution >= 0.6 is 31.1 Å². The summed E-state index contributed by atoms with van der Waals surface area (Å²) in [5, 5.41) is 0. The van der Waals surface area contributed by atoms with E-state index in [4.69, 9.17) is 9.05 Å². The van der Waals surface area contributed by atoms with Crippen LogP contribution in [-0.4, -0.2) is 38.0 Å². The van der Waals surface area contributed by atoms with E-state index in [0.29, 0.717) is 13.2 Å². The van der Waals surface area contributed by atoms with Crippen LogP contribution in [-0.2, 0) is 13.6 Å². The molecule has 0 unspecified atom stereocenters. The predicted molar refractivity (Wildman–Crippen MR) is 86.1 cm³/mol. The van der Waals surface area contributed by atoms with Gasteiger partial charge in [-0.1, -0.05) is 0 Å². The SMILES string of the molecule is CCOP(=O)(OCC)[C](=C1SCCS1)[Ge]([CH3])([CH3])[CH3]. The van der Waals surface area contributed by atoms with Crippen molar-refractivity contribution < 1.29 is 13.6 Å². The van der Waals surface area contributed by atoms with Crippen LogP contribution < -0.4 is 0 Å². The van der Waals surface area contributed by atoms with Crippen molar-refractivity contribution in [3.8, 4) is 0 Å². The minimum atomic E-state index is -3.08. The molecule has 0 aromatic heterocycles. The van der Waals surface area contributed by atoms with Gasteiger partial charge < -0.3 is 0 Å². The fourth-order valence-electron chi connectivity index (χ4n) is 1.78. The van der Waals surface area contributed by atoms with Crippen LogP contribution in [0.25, 0.3) is 0 Å². The Morgan fingerprint density at radius 3 is 1.94 bits per heavy atom. The topological polar surface area (TPSA) is 35.5 Å². The van der Waals surface area contributed by atoms with Crippen molar-refractivity contribution in [2.45, 2.75) is 31.1 Å². The van der Waals surface area contributed by atoms with E-state index >= 15 is 0 Å². The number of thioether (sulfide) groups is 2. The normalized spacial score (nSPS) is 17.3. The van der Waals surface area contributed by atoms with Crippen LogP contribution in [0, 0.1) is 0 Å². The number of rotatable bonds is 6. The van der Waals surface area contributed by atoms with Gasteiger partial charge in [0.05, 0.1) is 0 Å². The van der Waals surface area contributed by atoms with Gasteiger partial charge in [0.25, 0.3) is 0 Å². The van der Waals surface area contributed by atoms with Gasteiger partial charge in [-0.25, -0.2) is 0 Å². The van der Waals surface area contributed by atoms with Crippen molar-refractivity contribution in [3.63, 3.8) is 0 Å². The summed E-state index contributed by atoms with van der Waals surface area (Å²) in [6.45, 7) is 4.61. The van der Waals surface area contributed by atoms with Crippen molar-refractivity contribution in [1.82, 2.24) is 0 Å². The van der Waals surface area contributed by atoms with Gasteiger partial charge in [0, 0.05) is 0 Å². The molecule has 18 heavy (non-hydrogen) atoms. The van der Waals surface area contributed by atoms with Crippen LogP contribution in [0.15, 0.2) is 8.38 Å². The van der Waals surface area contributed by atoms with E-state index in [-0.39, 0.29) is 0 Å². The summed E-state index contributed by atoms with van der Waals surface area (Å²) < 4.78 is 26.5. The molecule has 0 bridgehead atoms. The van der Waals surface area contributed by atoms with Crippen molar-refractivity contribution in [2.75, 3.05) is 24.7 Å². The Labute approximate surface area is 122 Å². The Hall–Kier alpha value is 1.13. The zero-order valence-electron chi connectivity index (χ0n) is 11.8. The second kappa shape index (κ2) is 7.23. The molecular weight excluding hydrogens is 348 g/mol. The molecule has 1 fully saturated rings. The molecule has 3 nitrogen and oxygen atoms in total. The third kappa shape index (κ3) is 4.32. The first-order chi connectivity index (χ1) is 8.35. The van der Waals surface area contributed by atoms with Gasteiger partial charge >= 0.3 is 122 Å². The van der Waals surface area contributed by atoms with Crippen LogP contribution in [0.2, 0.25) is 17.3 Å². The molecule has 0 saturated carbocycles. The third-order valence-corrected chi connectivity index (χ3v) is 16.8. The molecule has 1 heterocycles. The summed E-state index contributed by atoms with van der Waals surface area (Å²) in [5.41, 5.74) is 0. The third-order valence-electron chi connectivity index (χ3n) is 2.33. The average molecular weight is 371 g/mol. The van der Waals surface area contributed by atoms with E-state index in [9.17, 15) is 4.57 Å². The molecule has 0 amide bonds. The second-order valence-corrected chi connectivity index (χ2v) is 20.7. The molecular formula is C11H23GeO3PS2. The molecule has 0 atom stereocenters. The Morgan fingerprint density at radius 2 is 1.61 bits per heavy atom. The predicted octanol–water partition coefficient (Wildman–Crippen LogP) is 4.78. The molecule has 0 aromatic rings. The van der Waals surface area contributed by atoms with Gasteiger partial charge in [-0.3, -0.25) is 0 Å². The Balaban J connectivity index is 3.24. The molecule has 0 radical (unpaired) electrons. The van der Waals surface area contributed by atoms with Crippen molar-refractivity contribution in [3.05, 3.63) is 8.38 Å². The average Bonchev–Trinajstić information content (AvgIpc) is 2.69. The minimum absolute atomic E-state index is 0.432. The van der Waals surface area contributed by atoms with Crippen molar-refractivity contribution >= 4 is 44.4 Å². The van der Waals surface area contributed by atoms with Crippen LogP contribution in [0.3, 0.4) is 0 Å². The molecule has 0 aromatic carbocycles. The Bertz CT molecular complexity index is 348. The zero-order chi connectivity index (χ0) is 13.8. The maximum absolute atomic E-state index is 13.1. The van der Waals surface area contributed by atoms with Crippen molar-refractivity contribution in [1.29, 1.82) is 0 Å². The second-order valence-electron chi connectivity index (χ2n) is 4.92. The van der Waals surface area contributed by atoms with Gasteiger partial charge in [0.15, 0.2) is 0 Å².